The lowest BCUT2D eigenvalue weighted by molar-refractivity contribution is 0.168. The Morgan fingerprint density at radius 2 is 1.91 bits per heavy atom. The number of nitrogens with zero attached hydrogens (tertiary/aromatic N) is 4. The molecule has 0 bridgehead atoms. The number of fused-ring (bicyclic) bond motifs is 1. The van der Waals surface area contributed by atoms with Gasteiger partial charge in [0.2, 0.25) is 0 Å². The van der Waals surface area contributed by atoms with Crippen molar-refractivity contribution in [2.24, 2.45) is 0 Å². The van der Waals surface area contributed by atoms with Gasteiger partial charge in [-0.3, -0.25) is 0 Å². The van der Waals surface area contributed by atoms with E-state index in [1.54, 1.807) is 19.0 Å². The van der Waals surface area contributed by atoms with Crippen LogP contribution in [0.25, 0.3) is 10.9 Å². The van der Waals surface area contributed by atoms with Crippen molar-refractivity contribution in [2.45, 2.75) is 0 Å². The first-order chi connectivity index (χ1) is 11.0. The normalized spacial score (nSPS) is 15.1. The van der Waals surface area contributed by atoms with Crippen molar-refractivity contribution >= 4 is 50.3 Å². The van der Waals surface area contributed by atoms with E-state index in [9.17, 15) is 4.79 Å². The lowest BCUT2D eigenvalue weighted by Crippen LogP contribution is -2.51. The molecule has 0 radical (unpaired) electrons. The molecule has 2 amide bonds. The standard InChI is InChI=1S/C16H18BrClN4O/c1-20(2)16(23)22-7-5-21(6-8-22)14-4-3-11-9-12(17)10-13(18)15(11)19-14/h3-4,9-10H,5-8H2,1-2H3. The number of carbonyl (C=O) groups excluding carboxylic acids is 1. The van der Waals surface area contributed by atoms with Crippen molar-refractivity contribution in [1.29, 1.82) is 0 Å². The highest BCUT2D eigenvalue weighted by Crippen LogP contribution is 2.29. The second-order valence-electron chi connectivity index (χ2n) is 5.78. The Labute approximate surface area is 148 Å². The van der Waals surface area contributed by atoms with E-state index >= 15 is 0 Å². The van der Waals surface area contributed by atoms with Crippen molar-refractivity contribution in [2.75, 3.05) is 45.2 Å². The Morgan fingerprint density at radius 3 is 2.57 bits per heavy atom. The number of anilines is 1. The number of rotatable bonds is 1. The van der Waals surface area contributed by atoms with Crippen LogP contribution in [0.3, 0.4) is 0 Å². The highest BCUT2D eigenvalue weighted by Gasteiger charge is 2.23. The molecule has 5 nitrogen and oxygen atoms in total. The van der Waals surface area contributed by atoms with E-state index in [2.05, 4.69) is 20.8 Å². The van der Waals surface area contributed by atoms with Gasteiger partial charge in [-0.1, -0.05) is 27.5 Å². The van der Waals surface area contributed by atoms with Gasteiger partial charge >= 0.3 is 6.03 Å². The van der Waals surface area contributed by atoms with Crippen LogP contribution in [0.5, 0.6) is 0 Å². The number of halogens is 2. The molecule has 1 fully saturated rings. The van der Waals surface area contributed by atoms with Crippen LogP contribution in [0, 0.1) is 0 Å². The number of aromatic nitrogens is 1. The van der Waals surface area contributed by atoms with Gasteiger partial charge in [0.1, 0.15) is 5.82 Å². The van der Waals surface area contributed by atoms with E-state index < -0.39 is 0 Å². The molecule has 0 N–H and O–H groups in total. The molecule has 23 heavy (non-hydrogen) atoms. The van der Waals surface area contributed by atoms with Gasteiger partial charge < -0.3 is 14.7 Å². The molecule has 7 heteroatoms. The summed E-state index contributed by atoms with van der Waals surface area (Å²) in [5, 5.41) is 1.65. The fourth-order valence-corrected chi connectivity index (χ4v) is 3.61. The number of benzene rings is 1. The summed E-state index contributed by atoms with van der Waals surface area (Å²) in [5.74, 6) is 0.902. The maximum atomic E-state index is 12.0. The van der Waals surface area contributed by atoms with Crippen molar-refractivity contribution in [1.82, 2.24) is 14.8 Å². The van der Waals surface area contributed by atoms with E-state index in [1.807, 2.05) is 29.2 Å². The maximum absolute atomic E-state index is 12.0. The van der Waals surface area contributed by atoms with Gasteiger partial charge in [-0.05, 0) is 24.3 Å². The lowest BCUT2D eigenvalue weighted by atomic mass is 10.2. The number of amides is 2. The van der Waals surface area contributed by atoms with E-state index in [1.165, 1.54) is 0 Å². The SMILES string of the molecule is CN(C)C(=O)N1CCN(c2ccc3cc(Br)cc(Cl)c3n2)CC1. The monoisotopic (exact) mass is 396 g/mol. The van der Waals surface area contributed by atoms with Crippen molar-refractivity contribution in [3.05, 3.63) is 33.8 Å². The Kier molecular flexibility index (Phi) is 4.64. The Hall–Kier alpha value is -1.53. The molecule has 3 rings (SSSR count). The highest BCUT2D eigenvalue weighted by atomic mass is 79.9. The van der Waals surface area contributed by atoms with Crippen LogP contribution >= 0.6 is 27.5 Å². The first-order valence-corrected chi connectivity index (χ1v) is 8.60. The Bertz CT molecular complexity index is 744. The van der Waals surface area contributed by atoms with Gasteiger partial charge in [0.05, 0.1) is 10.5 Å². The molecule has 0 spiro atoms. The number of piperazine rings is 1. The smallest absolute Gasteiger partial charge is 0.319 e. The van der Waals surface area contributed by atoms with Crippen LogP contribution in [0.15, 0.2) is 28.7 Å². The van der Waals surface area contributed by atoms with Gasteiger partial charge in [-0.2, -0.15) is 0 Å². The number of hydrogen-bond donors (Lipinski definition) is 0. The number of pyridine rings is 1. The summed E-state index contributed by atoms with van der Waals surface area (Å²) < 4.78 is 0.945. The zero-order valence-electron chi connectivity index (χ0n) is 13.1. The zero-order valence-corrected chi connectivity index (χ0v) is 15.4. The molecule has 0 unspecified atom stereocenters. The number of hydrogen-bond acceptors (Lipinski definition) is 3. The molecule has 1 aromatic carbocycles. The molecule has 2 aromatic rings. The average molecular weight is 398 g/mol. The summed E-state index contributed by atoms with van der Waals surface area (Å²) in [6.45, 7) is 2.94. The summed E-state index contributed by atoms with van der Waals surface area (Å²) >= 11 is 9.75. The molecule has 122 valence electrons. The van der Waals surface area contributed by atoms with E-state index in [0.29, 0.717) is 18.1 Å². The van der Waals surface area contributed by atoms with Crippen LogP contribution in [-0.4, -0.2) is 61.1 Å². The van der Waals surface area contributed by atoms with E-state index in [0.717, 1.165) is 34.3 Å². The van der Waals surface area contributed by atoms with E-state index in [4.69, 9.17) is 16.6 Å². The van der Waals surface area contributed by atoms with Gasteiger partial charge in [-0.25, -0.2) is 9.78 Å². The molecule has 0 atom stereocenters. The predicted molar refractivity (Wildman–Crippen MR) is 97.3 cm³/mol. The lowest BCUT2D eigenvalue weighted by Gasteiger charge is -2.36. The molecule has 1 saturated heterocycles. The summed E-state index contributed by atoms with van der Waals surface area (Å²) in [4.78, 5) is 22.4. The topological polar surface area (TPSA) is 39.7 Å². The third kappa shape index (κ3) is 3.38. The van der Waals surface area contributed by atoms with Crippen LogP contribution in [0.4, 0.5) is 10.6 Å². The van der Waals surface area contributed by atoms with Gasteiger partial charge in [-0.15, -0.1) is 0 Å². The molecule has 0 saturated carbocycles. The van der Waals surface area contributed by atoms with Gasteiger partial charge in [0.15, 0.2) is 0 Å². The largest absolute Gasteiger partial charge is 0.353 e. The Morgan fingerprint density at radius 1 is 1.22 bits per heavy atom. The average Bonchev–Trinajstić information content (AvgIpc) is 2.54. The fraction of sp³-hybridized carbons (Fsp3) is 0.375. The van der Waals surface area contributed by atoms with Crippen molar-refractivity contribution in [3.63, 3.8) is 0 Å². The summed E-state index contributed by atoms with van der Waals surface area (Å²) in [5.41, 5.74) is 0.805. The third-order valence-corrected chi connectivity index (χ3v) is 4.70. The van der Waals surface area contributed by atoms with Crippen LogP contribution < -0.4 is 4.90 Å². The summed E-state index contributed by atoms with van der Waals surface area (Å²) in [6.07, 6.45) is 0. The predicted octanol–water partition coefficient (Wildman–Crippen LogP) is 3.45. The summed E-state index contributed by atoms with van der Waals surface area (Å²) in [7, 11) is 3.56. The van der Waals surface area contributed by atoms with E-state index in [-0.39, 0.29) is 6.03 Å². The third-order valence-electron chi connectivity index (χ3n) is 3.95. The first kappa shape index (κ1) is 16.3. The molecular weight excluding hydrogens is 380 g/mol. The highest BCUT2D eigenvalue weighted by molar-refractivity contribution is 9.10. The van der Waals surface area contributed by atoms with Crippen LogP contribution in [0.1, 0.15) is 0 Å². The minimum atomic E-state index is 0.0593. The molecule has 1 aromatic heterocycles. The first-order valence-electron chi connectivity index (χ1n) is 7.42. The van der Waals surface area contributed by atoms with Crippen molar-refractivity contribution in [3.8, 4) is 0 Å². The Balaban J connectivity index is 1.79. The molecule has 1 aliphatic rings. The molecular formula is C16H18BrClN4O. The van der Waals surface area contributed by atoms with Crippen LogP contribution in [0.2, 0.25) is 5.02 Å². The molecule has 2 heterocycles. The second kappa shape index (κ2) is 6.53. The minimum Gasteiger partial charge on any atom is -0.353 e. The van der Waals surface area contributed by atoms with Crippen molar-refractivity contribution < 1.29 is 4.79 Å². The van der Waals surface area contributed by atoms with Crippen LogP contribution in [-0.2, 0) is 0 Å². The zero-order chi connectivity index (χ0) is 16.6. The molecule has 0 aliphatic carbocycles. The molecule has 1 aliphatic heterocycles. The fourth-order valence-electron chi connectivity index (χ4n) is 2.73. The summed E-state index contributed by atoms with van der Waals surface area (Å²) in [6, 6.07) is 7.96. The minimum absolute atomic E-state index is 0.0593. The number of urea groups is 1. The quantitative estimate of drug-likeness (QED) is 0.740. The second-order valence-corrected chi connectivity index (χ2v) is 7.10. The number of carbonyl (C=O) groups is 1. The van der Waals surface area contributed by atoms with Gasteiger partial charge in [0, 0.05) is 50.1 Å². The maximum Gasteiger partial charge on any atom is 0.319 e. The van der Waals surface area contributed by atoms with Gasteiger partial charge in [0.25, 0.3) is 0 Å².